The summed E-state index contributed by atoms with van der Waals surface area (Å²) in [5.74, 6) is 1.14. The molecule has 2 aliphatic carbocycles. The molecule has 0 amide bonds. The van der Waals surface area contributed by atoms with Gasteiger partial charge in [-0.1, -0.05) is 45.4 Å². The first-order chi connectivity index (χ1) is 6.87. The van der Waals surface area contributed by atoms with E-state index in [0.717, 1.165) is 11.3 Å². The molecule has 2 saturated carbocycles. The smallest absolute Gasteiger partial charge is 0.0269 e. The average molecular weight is 194 g/mol. The van der Waals surface area contributed by atoms with Gasteiger partial charge < -0.3 is 0 Å². The lowest BCUT2D eigenvalue weighted by Gasteiger charge is -2.43. The Kier molecular flexibility index (Phi) is 3.52. The van der Waals surface area contributed by atoms with Crippen LogP contribution in [-0.4, -0.2) is 0 Å². The van der Waals surface area contributed by atoms with Crippen molar-refractivity contribution in [1.29, 1.82) is 0 Å². The summed E-state index contributed by atoms with van der Waals surface area (Å²) >= 11 is 0. The van der Waals surface area contributed by atoms with Crippen LogP contribution in [0.4, 0.5) is 0 Å². The largest absolute Gasteiger partial charge is 0.0654 e. The molecule has 0 heteroatoms. The molecule has 2 fully saturated rings. The van der Waals surface area contributed by atoms with Crippen LogP contribution in [0.15, 0.2) is 0 Å². The number of unbranched alkanes of at least 4 members (excludes halogenated alkanes) is 2. The van der Waals surface area contributed by atoms with Crippen LogP contribution in [0.2, 0.25) is 0 Å². The van der Waals surface area contributed by atoms with Crippen LogP contribution in [0.3, 0.4) is 0 Å². The Labute approximate surface area is 89.5 Å². The van der Waals surface area contributed by atoms with E-state index < -0.39 is 0 Å². The summed E-state index contributed by atoms with van der Waals surface area (Å²) in [6.07, 6.45) is 16.8. The van der Waals surface area contributed by atoms with Crippen molar-refractivity contribution in [3.63, 3.8) is 0 Å². The van der Waals surface area contributed by atoms with Crippen LogP contribution in [0.25, 0.3) is 0 Å². The highest BCUT2D eigenvalue weighted by molar-refractivity contribution is 4.93. The van der Waals surface area contributed by atoms with Crippen LogP contribution in [0.1, 0.15) is 77.6 Å². The standard InChI is InChI=1S/C14H26/c1-2-3-4-10-14(11-5-6-12-14)13-8-7-9-13/h13H,2-12H2,1H3. The van der Waals surface area contributed by atoms with Gasteiger partial charge in [0.1, 0.15) is 0 Å². The van der Waals surface area contributed by atoms with Crippen molar-refractivity contribution < 1.29 is 0 Å². The zero-order valence-electron chi connectivity index (χ0n) is 9.86. The molecule has 0 spiro atoms. The minimum atomic E-state index is 0.841. The van der Waals surface area contributed by atoms with Gasteiger partial charge >= 0.3 is 0 Å². The molecule has 0 aromatic carbocycles. The zero-order chi connectivity index (χ0) is 9.86. The molecule has 0 aliphatic heterocycles. The normalized spacial score (nSPS) is 26.4. The summed E-state index contributed by atoms with van der Waals surface area (Å²) in [5, 5.41) is 0. The van der Waals surface area contributed by atoms with Gasteiger partial charge in [0.15, 0.2) is 0 Å². The quantitative estimate of drug-likeness (QED) is 0.544. The van der Waals surface area contributed by atoms with Gasteiger partial charge in [0.05, 0.1) is 0 Å². The Balaban J connectivity index is 1.85. The van der Waals surface area contributed by atoms with Crippen molar-refractivity contribution in [2.24, 2.45) is 11.3 Å². The molecular weight excluding hydrogens is 168 g/mol. The van der Waals surface area contributed by atoms with E-state index in [-0.39, 0.29) is 0 Å². The first kappa shape index (κ1) is 10.5. The molecule has 0 heterocycles. The van der Waals surface area contributed by atoms with Gasteiger partial charge in [0, 0.05) is 0 Å². The van der Waals surface area contributed by atoms with Crippen molar-refractivity contribution in [2.45, 2.75) is 77.6 Å². The Hall–Kier alpha value is 0. The van der Waals surface area contributed by atoms with Crippen molar-refractivity contribution in [2.75, 3.05) is 0 Å². The predicted octanol–water partition coefficient (Wildman–Crippen LogP) is 4.93. The Morgan fingerprint density at radius 1 is 1.00 bits per heavy atom. The van der Waals surface area contributed by atoms with Crippen molar-refractivity contribution in [3.8, 4) is 0 Å². The first-order valence-electron chi connectivity index (χ1n) is 6.87. The minimum absolute atomic E-state index is 0.841. The van der Waals surface area contributed by atoms with Gasteiger partial charge in [-0.05, 0) is 43.4 Å². The SMILES string of the molecule is CCCCCC1(C2CCC2)CCCC1. The van der Waals surface area contributed by atoms with Gasteiger partial charge in [-0.2, -0.15) is 0 Å². The summed E-state index contributed by atoms with van der Waals surface area (Å²) in [7, 11) is 0. The van der Waals surface area contributed by atoms with E-state index in [9.17, 15) is 0 Å². The molecule has 0 nitrogen and oxygen atoms in total. The molecule has 14 heavy (non-hydrogen) atoms. The summed E-state index contributed by atoms with van der Waals surface area (Å²) in [6.45, 7) is 2.32. The Morgan fingerprint density at radius 3 is 2.21 bits per heavy atom. The lowest BCUT2D eigenvalue weighted by molar-refractivity contribution is 0.0755. The lowest BCUT2D eigenvalue weighted by Crippen LogP contribution is -2.32. The summed E-state index contributed by atoms with van der Waals surface area (Å²) in [5.41, 5.74) is 0.841. The highest BCUT2D eigenvalue weighted by Crippen LogP contribution is 2.54. The third-order valence-electron chi connectivity index (χ3n) is 4.85. The molecule has 0 N–H and O–H groups in total. The first-order valence-corrected chi connectivity index (χ1v) is 6.87. The van der Waals surface area contributed by atoms with E-state index in [1.54, 1.807) is 32.1 Å². The lowest BCUT2D eigenvalue weighted by atomic mass is 9.62. The van der Waals surface area contributed by atoms with E-state index in [4.69, 9.17) is 0 Å². The van der Waals surface area contributed by atoms with Gasteiger partial charge in [-0.3, -0.25) is 0 Å². The van der Waals surface area contributed by atoms with Crippen molar-refractivity contribution in [3.05, 3.63) is 0 Å². The maximum absolute atomic E-state index is 2.32. The Morgan fingerprint density at radius 2 is 1.71 bits per heavy atom. The predicted molar refractivity (Wildman–Crippen MR) is 62.4 cm³/mol. The van der Waals surface area contributed by atoms with Crippen molar-refractivity contribution >= 4 is 0 Å². The van der Waals surface area contributed by atoms with E-state index in [2.05, 4.69) is 6.92 Å². The van der Waals surface area contributed by atoms with Crippen molar-refractivity contribution in [1.82, 2.24) is 0 Å². The number of rotatable bonds is 5. The van der Waals surface area contributed by atoms with E-state index in [1.165, 1.54) is 38.5 Å². The number of hydrogen-bond acceptors (Lipinski definition) is 0. The molecule has 2 aliphatic rings. The molecule has 0 atom stereocenters. The van der Waals surface area contributed by atoms with Crippen LogP contribution in [0.5, 0.6) is 0 Å². The van der Waals surface area contributed by atoms with Gasteiger partial charge in [-0.15, -0.1) is 0 Å². The molecule has 2 rings (SSSR count). The van der Waals surface area contributed by atoms with Gasteiger partial charge in [0.2, 0.25) is 0 Å². The highest BCUT2D eigenvalue weighted by atomic mass is 14.5. The van der Waals surface area contributed by atoms with Crippen LogP contribution < -0.4 is 0 Å². The van der Waals surface area contributed by atoms with E-state index in [1.807, 2.05) is 0 Å². The maximum Gasteiger partial charge on any atom is -0.0269 e. The molecule has 0 bridgehead atoms. The third kappa shape index (κ3) is 1.99. The highest BCUT2D eigenvalue weighted by Gasteiger charge is 2.42. The second-order valence-electron chi connectivity index (χ2n) is 5.65. The van der Waals surface area contributed by atoms with E-state index >= 15 is 0 Å². The molecule has 0 unspecified atom stereocenters. The number of hydrogen-bond donors (Lipinski definition) is 0. The van der Waals surface area contributed by atoms with Gasteiger partial charge in [-0.25, -0.2) is 0 Å². The fraction of sp³-hybridized carbons (Fsp3) is 1.00. The van der Waals surface area contributed by atoms with Crippen LogP contribution in [-0.2, 0) is 0 Å². The summed E-state index contributed by atoms with van der Waals surface area (Å²) in [4.78, 5) is 0. The molecule has 0 aromatic rings. The van der Waals surface area contributed by atoms with Gasteiger partial charge in [0.25, 0.3) is 0 Å². The summed E-state index contributed by atoms with van der Waals surface area (Å²) < 4.78 is 0. The summed E-state index contributed by atoms with van der Waals surface area (Å²) in [6, 6.07) is 0. The minimum Gasteiger partial charge on any atom is -0.0654 e. The second-order valence-corrected chi connectivity index (χ2v) is 5.65. The fourth-order valence-corrected chi connectivity index (χ4v) is 3.69. The molecular formula is C14H26. The molecule has 0 radical (unpaired) electrons. The topological polar surface area (TPSA) is 0 Å². The zero-order valence-corrected chi connectivity index (χ0v) is 9.86. The fourth-order valence-electron chi connectivity index (χ4n) is 3.69. The second kappa shape index (κ2) is 4.68. The molecule has 0 saturated heterocycles. The molecule has 82 valence electrons. The maximum atomic E-state index is 2.32. The average Bonchev–Trinajstić information content (AvgIpc) is 2.51. The van der Waals surface area contributed by atoms with E-state index in [0.29, 0.717) is 0 Å². The monoisotopic (exact) mass is 194 g/mol. The third-order valence-corrected chi connectivity index (χ3v) is 4.85. The van der Waals surface area contributed by atoms with Crippen LogP contribution >= 0.6 is 0 Å². The van der Waals surface area contributed by atoms with Crippen LogP contribution in [0, 0.1) is 11.3 Å². The Bertz CT molecular complexity index is 161. The molecule has 0 aromatic heterocycles.